The molecular formula is C15H23NO2. The number of aliphatic hydroxyl groups is 1. The van der Waals surface area contributed by atoms with Crippen molar-refractivity contribution < 1.29 is 9.84 Å². The average molecular weight is 249 g/mol. The molecular weight excluding hydrogens is 226 g/mol. The molecule has 3 heteroatoms. The highest BCUT2D eigenvalue weighted by atomic mass is 16.5. The van der Waals surface area contributed by atoms with E-state index in [2.05, 4.69) is 19.2 Å². The van der Waals surface area contributed by atoms with Crippen molar-refractivity contribution in [3.8, 4) is 5.75 Å². The van der Waals surface area contributed by atoms with Gasteiger partial charge in [0.1, 0.15) is 5.75 Å². The summed E-state index contributed by atoms with van der Waals surface area (Å²) in [5.41, 5.74) is 3.29. The van der Waals surface area contributed by atoms with Crippen molar-refractivity contribution in [1.82, 2.24) is 5.32 Å². The lowest BCUT2D eigenvalue weighted by molar-refractivity contribution is 0.162. The number of rotatable bonds is 6. The van der Waals surface area contributed by atoms with E-state index in [0.717, 1.165) is 24.3 Å². The Kier molecular flexibility index (Phi) is 4.25. The quantitative estimate of drug-likeness (QED) is 0.814. The van der Waals surface area contributed by atoms with Gasteiger partial charge in [-0.25, -0.2) is 0 Å². The average Bonchev–Trinajstić information content (AvgIpc) is 3.16. The Balaban J connectivity index is 2.02. The number of methoxy groups -OCH3 is 1. The number of nitrogens with one attached hydrogen (secondary N) is 1. The fourth-order valence-corrected chi connectivity index (χ4v) is 2.12. The number of ether oxygens (including phenoxy) is 1. The first kappa shape index (κ1) is 13.4. The standard InChI is InChI=1S/C15H23NO2/c1-10-8-13(15(18-3)9-11(10)2)14(17)6-7-16-12-4-5-12/h8-9,12,14,16-17H,4-7H2,1-3H3. The largest absolute Gasteiger partial charge is 0.496 e. The molecule has 2 rings (SSSR count). The van der Waals surface area contributed by atoms with Gasteiger partial charge in [0.2, 0.25) is 0 Å². The monoisotopic (exact) mass is 249 g/mol. The molecule has 0 saturated heterocycles. The molecule has 0 aromatic heterocycles. The molecule has 1 aromatic rings. The summed E-state index contributed by atoms with van der Waals surface area (Å²) >= 11 is 0. The zero-order valence-corrected chi connectivity index (χ0v) is 11.5. The third kappa shape index (κ3) is 3.24. The van der Waals surface area contributed by atoms with E-state index in [4.69, 9.17) is 4.74 Å². The van der Waals surface area contributed by atoms with Gasteiger partial charge in [-0.2, -0.15) is 0 Å². The number of aryl methyl sites for hydroxylation is 2. The van der Waals surface area contributed by atoms with Gasteiger partial charge in [0.15, 0.2) is 0 Å². The third-order valence-corrected chi connectivity index (χ3v) is 3.63. The highest BCUT2D eigenvalue weighted by molar-refractivity contribution is 5.42. The van der Waals surface area contributed by atoms with Crippen molar-refractivity contribution in [1.29, 1.82) is 0 Å². The van der Waals surface area contributed by atoms with Crippen LogP contribution in [0.25, 0.3) is 0 Å². The number of hydrogen-bond donors (Lipinski definition) is 2. The van der Waals surface area contributed by atoms with Crippen LogP contribution in [0.3, 0.4) is 0 Å². The molecule has 1 saturated carbocycles. The smallest absolute Gasteiger partial charge is 0.124 e. The minimum Gasteiger partial charge on any atom is -0.496 e. The van der Waals surface area contributed by atoms with E-state index in [1.165, 1.54) is 24.0 Å². The maximum absolute atomic E-state index is 10.3. The predicted molar refractivity (Wildman–Crippen MR) is 73.1 cm³/mol. The Morgan fingerprint density at radius 1 is 1.33 bits per heavy atom. The van der Waals surface area contributed by atoms with Crippen molar-refractivity contribution in [2.24, 2.45) is 0 Å². The van der Waals surface area contributed by atoms with E-state index >= 15 is 0 Å². The van der Waals surface area contributed by atoms with Gasteiger partial charge >= 0.3 is 0 Å². The Morgan fingerprint density at radius 3 is 2.61 bits per heavy atom. The zero-order valence-electron chi connectivity index (χ0n) is 11.5. The molecule has 100 valence electrons. The van der Waals surface area contributed by atoms with Crippen LogP contribution in [0.5, 0.6) is 5.75 Å². The highest BCUT2D eigenvalue weighted by Gasteiger charge is 2.21. The van der Waals surface area contributed by atoms with Gasteiger partial charge in [-0.15, -0.1) is 0 Å². The molecule has 1 aromatic carbocycles. The number of hydrogen-bond acceptors (Lipinski definition) is 3. The summed E-state index contributed by atoms with van der Waals surface area (Å²) in [6.45, 7) is 4.98. The van der Waals surface area contributed by atoms with Crippen LogP contribution in [0.4, 0.5) is 0 Å². The van der Waals surface area contributed by atoms with Crippen LogP contribution in [0.1, 0.15) is 42.1 Å². The van der Waals surface area contributed by atoms with E-state index in [1.807, 2.05) is 12.1 Å². The number of benzene rings is 1. The lowest BCUT2D eigenvalue weighted by atomic mass is 9.99. The van der Waals surface area contributed by atoms with Crippen molar-refractivity contribution in [3.63, 3.8) is 0 Å². The zero-order chi connectivity index (χ0) is 13.1. The maximum atomic E-state index is 10.3. The fourth-order valence-electron chi connectivity index (χ4n) is 2.12. The molecule has 0 spiro atoms. The van der Waals surface area contributed by atoms with Crippen LogP contribution in [0, 0.1) is 13.8 Å². The molecule has 0 bridgehead atoms. The second kappa shape index (κ2) is 5.72. The van der Waals surface area contributed by atoms with E-state index in [1.54, 1.807) is 7.11 Å². The van der Waals surface area contributed by atoms with E-state index in [-0.39, 0.29) is 0 Å². The minimum atomic E-state index is -0.453. The minimum absolute atomic E-state index is 0.453. The molecule has 2 N–H and O–H groups in total. The van der Waals surface area contributed by atoms with E-state index in [9.17, 15) is 5.11 Å². The normalized spacial score (nSPS) is 16.7. The van der Waals surface area contributed by atoms with Gasteiger partial charge in [0.25, 0.3) is 0 Å². The Labute approximate surface area is 109 Å². The Bertz CT molecular complexity index is 413. The van der Waals surface area contributed by atoms with Gasteiger partial charge in [-0.05, 0) is 62.9 Å². The molecule has 1 aliphatic carbocycles. The van der Waals surface area contributed by atoms with Crippen LogP contribution in [0.15, 0.2) is 12.1 Å². The van der Waals surface area contributed by atoms with Gasteiger partial charge in [-0.1, -0.05) is 0 Å². The molecule has 0 amide bonds. The van der Waals surface area contributed by atoms with Gasteiger partial charge in [-0.3, -0.25) is 0 Å². The van der Waals surface area contributed by atoms with Crippen molar-refractivity contribution >= 4 is 0 Å². The summed E-state index contributed by atoms with van der Waals surface area (Å²) in [6, 6.07) is 4.73. The second-order valence-electron chi connectivity index (χ2n) is 5.21. The van der Waals surface area contributed by atoms with E-state index in [0.29, 0.717) is 6.04 Å². The highest BCUT2D eigenvalue weighted by Crippen LogP contribution is 2.30. The molecule has 0 radical (unpaired) electrons. The first-order chi connectivity index (χ1) is 8.61. The summed E-state index contributed by atoms with van der Waals surface area (Å²) in [5.74, 6) is 0.789. The fraction of sp³-hybridized carbons (Fsp3) is 0.600. The molecule has 0 heterocycles. The Morgan fingerprint density at radius 2 is 2.00 bits per heavy atom. The molecule has 1 aliphatic rings. The lowest BCUT2D eigenvalue weighted by Gasteiger charge is -2.17. The molecule has 0 aliphatic heterocycles. The summed E-state index contributed by atoms with van der Waals surface area (Å²) < 4.78 is 5.36. The van der Waals surface area contributed by atoms with Gasteiger partial charge < -0.3 is 15.2 Å². The van der Waals surface area contributed by atoms with Crippen LogP contribution in [-0.4, -0.2) is 24.8 Å². The van der Waals surface area contributed by atoms with E-state index < -0.39 is 6.10 Å². The number of aliphatic hydroxyl groups excluding tert-OH is 1. The van der Waals surface area contributed by atoms with Crippen LogP contribution >= 0.6 is 0 Å². The summed E-state index contributed by atoms with van der Waals surface area (Å²) in [4.78, 5) is 0. The van der Waals surface area contributed by atoms with Gasteiger partial charge in [0.05, 0.1) is 13.2 Å². The summed E-state index contributed by atoms with van der Waals surface area (Å²) in [6.07, 6.45) is 2.84. The van der Waals surface area contributed by atoms with Crippen LogP contribution in [-0.2, 0) is 0 Å². The Hall–Kier alpha value is -1.06. The predicted octanol–water partition coefficient (Wildman–Crippen LogP) is 2.49. The first-order valence-electron chi connectivity index (χ1n) is 6.68. The SMILES string of the molecule is COc1cc(C)c(C)cc1C(O)CCNC1CC1. The molecule has 3 nitrogen and oxygen atoms in total. The van der Waals surface area contributed by atoms with Crippen molar-refractivity contribution in [2.45, 2.75) is 45.3 Å². The lowest BCUT2D eigenvalue weighted by Crippen LogP contribution is -2.19. The van der Waals surface area contributed by atoms with Gasteiger partial charge in [0, 0.05) is 11.6 Å². The molecule has 18 heavy (non-hydrogen) atoms. The topological polar surface area (TPSA) is 41.5 Å². The molecule has 1 fully saturated rings. The first-order valence-corrected chi connectivity index (χ1v) is 6.68. The second-order valence-corrected chi connectivity index (χ2v) is 5.21. The molecule has 1 atom stereocenters. The summed E-state index contributed by atoms with van der Waals surface area (Å²) in [7, 11) is 1.66. The van der Waals surface area contributed by atoms with Crippen LogP contribution < -0.4 is 10.1 Å². The molecule has 1 unspecified atom stereocenters. The van der Waals surface area contributed by atoms with Crippen LogP contribution in [0.2, 0.25) is 0 Å². The van der Waals surface area contributed by atoms with Crippen molar-refractivity contribution in [3.05, 3.63) is 28.8 Å². The third-order valence-electron chi connectivity index (χ3n) is 3.63. The summed E-state index contributed by atoms with van der Waals surface area (Å²) in [5, 5.41) is 13.7. The van der Waals surface area contributed by atoms with Crippen molar-refractivity contribution in [2.75, 3.05) is 13.7 Å². The maximum Gasteiger partial charge on any atom is 0.124 e.